The van der Waals surface area contributed by atoms with Crippen LogP contribution in [0.15, 0.2) is 72.8 Å². The fourth-order valence-corrected chi connectivity index (χ4v) is 5.50. The number of nitrogens with zero attached hydrogens (tertiary/aromatic N) is 2. The summed E-state index contributed by atoms with van der Waals surface area (Å²) in [4.78, 5) is 29.4. The third-order valence-electron chi connectivity index (χ3n) is 6.77. The number of fused-ring (bicyclic) bond motifs is 2. The number of halogens is 1. The van der Waals surface area contributed by atoms with E-state index in [4.69, 9.17) is 11.6 Å². The van der Waals surface area contributed by atoms with Gasteiger partial charge in [-0.1, -0.05) is 60.1 Å². The van der Waals surface area contributed by atoms with Crippen molar-refractivity contribution in [1.29, 1.82) is 0 Å². The van der Waals surface area contributed by atoms with Gasteiger partial charge in [0.15, 0.2) is 0 Å². The van der Waals surface area contributed by atoms with Crippen LogP contribution in [0.2, 0.25) is 5.02 Å². The standard InChI is InChI=1S/C27H25ClN2O2/c1-29-17-19-7-2-5-10-24(19)27(18-29,20-11-13-21(28)14-12-20)15-6-16-30-25(31)22-8-3-4-9-23(22)26(30)32/h2-5,7-14H,6,15-18H2,1H3. The number of hydrogen-bond donors (Lipinski definition) is 0. The fourth-order valence-electron chi connectivity index (χ4n) is 5.37. The first-order valence-electron chi connectivity index (χ1n) is 11.0. The molecule has 3 aromatic carbocycles. The summed E-state index contributed by atoms with van der Waals surface area (Å²) >= 11 is 6.20. The minimum absolute atomic E-state index is 0.188. The summed E-state index contributed by atoms with van der Waals surface area (Å²) < 4.78 is 0. The Labute approximate surface area is 193 Å². The molecule has 2 heterocycles. The van der Waals surface area contributed by atoms with Gasteiger partial charge in [0.1, 0.15) is 0 Å². The zero-order valence-corrected chi connectivity index (χ0v) is 18.8. The van der Waals surface area contributed by atoms with Gasteiger partial charge in [-0.05, 0) is 60.8 Å². The van der Waals surface area contributed by atoms with E-state index >= 15 is 0 Å². The van der Waals surface area contributed by atoms with Gasteiger partial charge in [-0.2, -0.15) is 0 Å². The molecule has 0 radical (unpaired) electrons. The van der Waals surface area contributed by atoms with Gasteiger partial charge >= 0.3 is 0 Å². The maximum atomic E-state index is 12.8. The van der Waals surface area contributed by atoms with Crippen LogP contribution in [0, 0.1) is 0 Å². The summed E-state index contributed by atoms with van der Waals surface area (Å²) in [6.07, 6.45) is 1.54. The second-order valence-electron chi connectivity index (χ2n) is 8.83. The molecule has 5 rings (SSSR count). The van der Waals surface area contributed by atoms with E-state index in [0.29, 0.717) is 22.7 Å². The first-order valence-corrected chi connectivity index (χ1v) is 11.4. The highest BCUT2D eigenvalue weighted by molar-refractivity contribution is 6.30. The van der Waals surface area contributed by atoms with E-state index in [2.05, 4.69) is 48.3 Å². The van der Waals surface area contributed by atoms with Crippen LogP contribution in [0.1, 0.15) is 50.2 Å². The Morgan fingerprint density at radius 1 is 0.875 bits per heavy atom. The molecule has 2 amide bonds. The lowest BCUT2D eigenvalue weighted by Gasteiger charge is -2.44. The van der Waals surface area contributed by atoms with Crippen molar-refractivity contribution in [3.05, 3.63) is 106 Å². The molecule has 0 bridgehead atoms. The normalized spacial score (nSPS) is 20.4. The van der Waals surface area contributed by atoms with Crippen LogP contribution in [0.5, 0.6) is 0 Å². The number of amides is 2. The molecule has 4 nitrogen and oxygen atoms in total. The summed E-state index contributed by atoms with van der Waals surface area (Å²) in [5.41, 5.74) is 4.63. The van der Waals surface area contributed by atoms with Gasteiger partial charge in [0.25, 0.3) is 11.8 Å². The van der Waals surface area contributed by atoms with Gasteiger partial charge in [-0.25, -0.2) is 0 Å². The van der Waals surface area contributed by atoms with Crippen LogP contribution in [0.4, 0.5) is 0 Å². The Balaban J connectivity index is 1.45. The van der Waals surface area contributed by atoms with Crippen molar-refractivity contribution in [2.24, 2.45) is 0 Å². The van der Waals surface area contributed by atoms with E-state index in [9.17, 15) is 9.59 Å². The van der Waals surface area contributed by atoms with E-state index in [1.54, 1.807) is 24.3 Å². The van der Waals surface area contributed by atoms with Crippen LogP contribution < -0.4 is 0 Å². The highest BCUT2D eigenvalue weighted by atomic mass is 35.5. The zero-order chi connectivity index (χ0) is 22.3. The van der Waals surface area contributed by atoms with E-state index in [0.717, 1.165) is 25.9 Å². The van der Waals surface area contributed by atoms with E-state index in [1.165, 1.54) is 21.6 Å². The molecule has 0 spiro atoms. The van der Waals surface area contributed by atoms with Gasteiger partial charge in [0.2, 0.25) is 0 Å². The van der Waals surface area contributed by atoms with Crippen molar-refractivity contribution in [1.82, 2.24) is 9.80 Å². The molecule has 5 heteroatoms. The van der Waals surface area contributed by atoms with Gasteiger partial charge < -0.3 is 4.90 Å². The Morgan fingerprint density at radius 2 is 1.50 bits per heavy atom. The number of rotatable bonds is 5. The lowest BCUT2D eigenvalue weighted by molar-refractivity contribution is 0.0647. The monoisotopic (exact) mass is 444 g/mol. The first-order chi connectivity index (χ1) is 15.5. The molecule has 0 saturated heterocycles. The maximum Gasteiger partial charge on any atom is 0.261 e. The summed E-state index contributed by atoms with van der Waals surface area (Å²) in [5, 5.41) is 0.715. The van der Waals surface area contributed by atoms with E-state index in [-0.39, 0.29) is 17.2 Å². The molecule has 1 atom stereocenters. The van der Waals surface area contributed by atoms with Crippen molar-refractivity contribution in [3.8, 4) is 0 Å². The summed E-state index contributed by atoms with van der Waals surface area (Å²) in [6, 6.07) is 23.8. The quantitative estimate of drug-likeness (QED) is 0.511. The lowest BCUT2D eigenvalue weighted by Crippen LogP contribution is -2.45. The summed E-state index contributed by atoms with van der Waals surface area (Å²) in [5.74, 6) is -0.375. The molecule has 0 aliphatic carbocycles. The number of carbonyl (C=O) groups is 2. The van der Waals surface area contributed by atoms with Gasteiger partial charge in [-0.3, -0.25) is 14.5 Å². The smallest absolute Gasteiger partial charge is 0.261 e. The van der Waals surface area contributed by atoms with Crippen molar-refractivity contribution < 1.29 is 9.59 Å². The largest absolute Gasteiger partial charge is 0.301 e. The average Bonchev–Trinajstić information content (AvgIpc) is 3.04. The molecule has 0 fully saturated rings. The Kier molecular flexibility index (Phi) is 5.36. The summed E-state index contributed by atoms with van der Waals surface area (Å²) in [7, 11) is 2.14. The van der Waals surface area contributed by atoms with Crippen molar-refractivity contribution in [2.75, 3.05) is 20.1 Å². The molecule has 3 aromatic rings. The van der Waals surface area contributed by atoms with E-state index in [1.807, 2.05) is 12.1 Å². The molecule has 0 saturated carbocycles. The number of carbonyl (C=O) groups excluding carboxylic acids is 2. The number of hydrogen-bond acceptors (Lipinski definition) is 3. The van der Waals surface area contributed by atoms with Gasteiger partial charge in [0.05, 0.1) is 11.1 Å². The number of imide groups is 1. The predicted octanol–water partition coefficient (Wildman–Crippen LogP) is 5.15. The van der Waals surface area contributed by atoms with Gasteiger partial charge in [-0.15, -0.1) is 0 Å². The minimum Gasteiger partial charge on any atom is -0.301 e. The maximum absolute atomic E-state index is 12.8. The first kappa shape index (κ1) is 20.9. The molecular formula is C27H25ClN2O2. The molecule has 1 unspecified atom stereocenters. The third-order valence-corrected chi connectivity index (χ3v) is 7.03. The predicted molar refractivity (Wildman–Crippen MR) is 126 cm³/mol. The van der Waals surface area contributed by atoms with E-state index < -0.39 is 0 Å². The Bertz CT molecular complexity index is 1160. The van der Waals surface area contributed by atoms with Crippen LogP contribution in [0.3, 0.4) is 0 Å². The van der Waals surface area contributed by atoms with Crippen LogP contribution >= 0.6 is 11.6 Å². The molecule has 0 N–H and O–H groups in total. The lowest BCUT2D eigenvalue weighted by atomic mass is 9.67. The molecule has 32 heavy (non-hydrogen) atoms. The Morgan fingerprint density at radius 3 is 2.19 bits per heavy atom. The average molecular weight is 445 g/mol. The van der Waals surface area contributed by atoms with Crippen LogP contribution in [-0.4, -0.2) is 41.8 Å². The minimum atomic E-state index is -0.229. The topological polar surface area (TPSA) is 40.6 Å². The molecule has 2 aliphatic rings. The zero-order valence-electron chi connectivity index (χ0n) is 18.1. The second kappa shape index (κ2) is 8.19. The molecular weight excluding hydrogens is 420 g/mol. The third kappa shape index (κ3) is 3.44. The SMILES string of the molecule is CN1Cc2ccccc2C(CCCN2C(=O)c3ccccc3C2=O)(c2ccc(Cl)cc2)C1. The summed E-state index contributed by atoms with van der Waals surface area (Å²) in [6.45, 7) is 2.19. The fraction of sp³-hybridized carbons (Fsp3) is 0.259. The van der Waals surface area contributed by atoms with Crippen molar-refractivity contribution in [3.63, 3.8) is 0 Å². The van der Waals surface area contributed by atoms with Crippen molar-refractivity contribution in [2.45, 2.75) is 24.8 Å². The molecule has 0 aromatic heterocycles. The molecule has 162 valence electrons. The van der Waals surface area contributed by atoms with Crippen LogP contribution in [-0.2, 0) is 12.0 Å². The number of likely N-dealkylation sites (N-methyl/N-ethyl adjacent to an activating group) is 1. The Hall–Kier alpha value is -2.95. The number of benzene rings is 3. The highest BCUT2D eigenvalue weighted by Crippen LogP contribution is 2.43. The van der Waals surface area contributed by atoms with Crippen LogP contribution in [0.25, 0.3) is 0 Å². The highest BCUT2D eigenvalue weighted by Gasteiger charge is 2.41. The second-order valence-corrected chi connectivity index (χ2v) is 9.27. The molecule has 2 aliphatic heterocycles. The van der Waals surface area contributed by atoms with Crippen molar-refractivity contribution >= 4 is 23.4 Å². The van der Waals surface area contributed by atoms with Gasteiger partial charge in [0, 0.05) is 30.1 Å².